The lowest BCUT2D eigenvalue weighted by molar-refractivity contribution is 0.268. The van der Waals surface area contributed by atoms with E-state index in [9.17, 15) is 8.42 Å². The van der Waals surface area contributed by atoms with Crippen LogP contribution in [0.3, 0.4) is 0 Å². The van der Waals surface area contributed by atoms with Gasteiger partial charge in [0.1, 0.15) is 0 Å². The molecule has 25 heavy (non-hydrogen) atoms. The lowest BCUT2D eigenvalue weighted by Crippen LogP contribution is -2.27. The summed E-state index contributed by atoms with van der Waals surface area (Å²) in [6, 6.07) is 0. The number of aromatic nitrogens is 2. The summed E-state index contributed by atoms with van der Waals surface area (Å²) < 4.78 is 27.8. The van der Waals surface area contributed by atoms with Crippen LogP contribution in [0.5, 0.6) is 0 Å². The quantitative estimate of drug-likeness (QED) is 0.704. The van der Waals surface area contributed by atoms with Crippen molar-refractivity contribution < 1.29 is 8.42 Å². The fourth-order valence-corrected chi connectivity index (χ4v) is 5.75. The van der Waals surface area contributed by atoms with Gasteiger partial charge >= 0.3 is 0 Å². The van der Waals surface area contributed by atoms with Crippen LogP contribution in [-0.4, -0.2) is 41.7 Å². The summed E-state index contributed by atoms with van der Waals surface area (Å²) >= 11 is 0. The molecule has 2 aliphatic rings. The molecule has 0 N–H and O–H groups in total. The van der Waals surface area contributed by atoms with E-state index < -0.39 is 9.84 Å². The van der Waals surface area contributed by atoms with Crippen molar-refractivity contribution in [1.29, 1.82) is 0 Å². The highest BCUT2D eigenvalue weighted by Gasteiger charge is 2.30. The first-order valence-electron chi connectivity index (χ1n) is 10.1. The standard InChI is InChI=1S/C19H33N3O2S/c1-2-3-13-22-18(15-21-11-6-4-5-7-12-21)14-20-19(22)25(23,24)16-17-9-8-10-17/h14,17H,2-13,15-16H2,1H3. The van der Waals surface area contributed by atoms with E-state index in [1.165, 1.54) is 32.1 Å². The van der Waals surface area contributed by atoms with Crippen LogP contribution < -0.4 is 0 Å². The Morgan fingerprint density at radius 1 is 1.12 bits per heavy atom. The summed E-state index contributed by atoms with van der Waals surface area (Å²) in [5.41, 5.74) is 1.07. The summed E-state index contributed by atoms with van der Waals surface area (Å²) in [5.74, 6) is 0.620. The third-order valence-corrected chi connectivity index (χ3v) is 7.47. The highest BCUT2D eigenvalue weighted by Crippen LogP contribution is 2.30. The van der Waals surface area contributed by atoms with E-state index in [-0.39, 0.29) is 5.75 Å². The van der Waals surface area contributed by atoms with Gasteiger partial charge < -0.3 is 4.57 Å². The fraction of sp³-hybridized carbons (Fsp3) is 0.842. The zero-order valence-corrected chi connectivity index (χ0v) is 16.4. The van der Waals surface area contributed by atoms with Crippen LogP contribution >= 0.6 is 0 Å². The van der Waals surface area contributed by atoms with Crippen LogP contribution in [0.15, 0.2) is 11.4 Å². The Bertz CT molecular complexity index is 642. The summed E-state index contributed by atoms with van der Waals surface area (Å²) in [5, 5.41) is 0.317. The van der Waals surface area contributed by atoms with E-state index in [2.05, 4.69) is 16.8 Å². The third kappa shape index (κ3) is 4.85. The molecule has 2 heterocycles. The minimum Gasteiger partial charge on any atom is -0.318 e. The van der Waals surface area contributed by atoms with E-state index in [1.54, 1.807) is 0 Å². The number of imidazole rings is 1. The number of hydrogen-bond acceptors (Lipinski definition) is 4. The van der Waals surface area contributed by atoms with Gasteiger partial charge in [0, 0.05) is 13.1 Å². The van der Waals surface area contributed by atoms with Gasteiger partial charge in [-0.1, -0.05) is 32.6 Å². The van der Waals surface area contributed by atoms with Crippen molar-refractivity contribution in [2.75, 3.05) is 18.8 Å². The van der Waals surface area contributed by atoms with Crippen molar-refractivity contribution in [3.63, 3.8) is 0 Å². The molecule has 0 atom stereocenters. The Hall–Kier alpha value is -0.880. The average Bonchev–Trinajstić information content (AvgIpc) is 2.76. The molecule has 1 saturated heterocycles. The molecule has 0 amide bonds. The second kappa shape index (κ2) is 8.67. The van der Waals surface area contributed by atoms with Crippen molar-refractivity contribution in [3.8, 4) is 0 Å². The fourth-order valence-electron chi connectivity index (χ4n) is 3.89. The predicted molar refractivity (Wildman–Crippen MR) is 100 cm³/mol. The van der Waals surface area contributed by atoms with Crippen LogP contribution in [0.4, 0.5) is 0 Å². The Kier molecular flexibility index (Phi) is 6.55. The van der Waals surface area contributed by atoms with Crippen molar-refractivity contribution in [3.05, 3.63) is 11.9 Å². The maximum absolute atomic E-state index is 12.9. The Labute approximate surface area is 152 Å². The topological polar surface area (TPSA) is 55.2 Å². The second-order valence-electron chi connectivity index (χ2n) is 7.81. The minimum absolute atomic E-state index is 0.277. The molecule has 0 aromatic carbocycles. The zero-order chi connectivity index (χ0) is 17.7. The van der Waals surface area contributed by atoms with E-state index in [0.717, 1.165) is 57.6 Å². The van der Waals surface area contributed by atoms with Gasteiger partial charge in [0.25, 0.3) is 0 Å². The second-order valence-corrected chi connectivity index (χ2v) is 9.73. The maximum Gasteiger partial charge on any atom is 0.227 e. The molecular formula is C19H33N3O2S. The molecule has 142 valence electrons. The molecule has 0 unspecified atom stereocenters. The zero-order valence-electron chi connectivity index (χ0n) is 15.6. The van der Waals surface area contributed by atoms with Crippen molar-refractivity contribution >= 4 is 9.84 Å². The first-order valence-corrected chi connectivity index (χ1v) is 11.7. The highest BCUT2D eigenvalue weighted by atomic mass is 32.2. The van der Waals surface area contributed by atoms with Crippen LogP contribution in [0, 0.1) is 5.92 Å². The largest absolute Gasteiger partial charge is 0.318 e. The van der Waals surface area contributed by atoms with E-state index in [4.69, 9.17) is 0 Å². The Balaban J connectivity index is 1.78. The molecule has 3 rings (SSSR count). The highest BCUT2D eigenvalue weighted by molar-refractivity contribution is 7.91. The van der Waals surface area contributed by atoms with Gasteiger partial charge in [0.15, 0.2) is 0 Å². The van der Waals surface area contributed by atoms with E-state index in [0.29, 0.717) is 11.1 Å². The number of sulfone groups is 1. The number of nitrogens with zero attached hydrogens (tertiary/aromatic N) is 3. The molecule has 1 aromatic rings. The summed E-state index contributed by atoms with van der Waals surface area (Å²) in [7, 11) is -3.28. The van der Waals surface area contributed by atoms with Crippen molar-refractivity contribution in [2.45, 2.75) is 83.0 Å². The normalized spacial score (nSPS) is 20.4. The SMILES string of the molecule is CCCCn1c(CN2CCCCCC2)cnc1S(=O)(=O)CC1CCC1. The third-order valence-electron chi connectivity index (χ3n) is 5.68. The lowest BCUT2D eigenvalue weighted by atomic mass is 9.87. The average molecular weight is 368 g/mol. The Morgan fingerprint density at radius 2 is 1.84 bits per heavy atom. The van der Waals surface area contributed by atoms with Crippen LogP contribution in [0.25, 0.3) is 0 Å². The van der Waals surface area contributed by atoms with Gasteiger partial charge in [-0.15, -0.1) is 0 Å². The van der Waals surface area contributed by atoms with E-state index in [1.807, 2.05) is 10.8 Å². The van der Waals surface area contributed by atoms with Gasteiger partial charge in [-0.2, -0.15) is 0 Å². The first kappa shape index (κ1) is 18.9. The maximum atomic E-state index is 12.9. The molecule has 5 nitrogen and oxygen atoms in total. The summed E-state index contributed by atoms with van der Waals surface area (Å²) in [4.78, 5) is 6.86. The van der Waals surface area contributed by atoms with Gasteiger partial charge in [-0.05, 0) is 51.1 Å². The lowest BCUT2D eigenvalue weighted by Gasteiger charge is -2.25. The minimum atomic E-state index is -3.28. The molecule has 1 aliphatic carbocycles. The molecule has 2 fully saturated rings. The van der Waals surface area contributed by atoms with Crippen molar-refractivity contribution in [2.24, 2.45) is 5.92 Å². The van der Waals surface area contributed by atoms with Gasteiger partial charge in [0.05, 0.1) is 17.6 Å². The molecule has 1 aliphatic heterocycles. The molecule has 1 aromatic heterocycles. The predicted octanol–water partition coefficient (Wildman–Crippen LogP) is 3.63. The number of likely N-dealkylation sites (tertiary alicyclic amines) is 1. The summed E-state index contributed by atoms with van der Waals surface area (Å²) in [6.45, 7) is 5.97. The van der Waals surface area contributed by atoms with Crippen LogP contribution in [-0.2, 0) is 22.9 Å². The van der Waals surface area contributed by atoms with Crippen LogP contribution in [0.2, 0.25) is 0 Å². The summed E-state index contributed by atoms with van der Waals surface area (Å²) in [6.07, 6.45) is 12.3. The molecule has 6 heteroatoms. The number of rotatable bonds is 8. The van der Waals surface area contributed by atoms with Gasteiger partial charge in [-0.25, -0.2) is 13.4 Å². The number of hydrogen-bond donors (Lipinski definition) is 0. The molecule has 0 radical (unpaired) electrons. The molecular weight excluding hydrogens is 334 g/mol. The molecule has 1 saturated carbocycles. The van der Waals surface area contributed by atoms with Crippen LogP contribution in [0.1, 0.15) is 70.4 Å². The van der Waals surface area contributed by atoms with E-state index >= 15 is 0 Å². The van der Waals surface area contributed by atoms with Gasteiger partial charge in [0.2, 0.25) is 15.0 Å². The Morgan fingerprint density at radius 3 is 2.44 bits per heavy atom. The number of unbranched alkanes of at least 4 members (excludes halogenated alkanes) is 1. The smallest absolute Gasteiger partial charge is 0.227 e. The monoisotopic (exact) mass is 367 g/mol. The first-order chi connectivity index (χ1) is 12.1. The molecule has 0 spiro atoms. The van der Waals surface area contributed by atoms with Gasteiger partial charge in [-0.3, -0.25) is 4.90 Å². The molecule has 0 bridgehead atoms. The van der Waals surface area contributed by atoms with Crippen molar-refractivity contribution in [1.82, 2.24) is 14.5 Å².